The Labute approximate surface area is 141 Å². The van der Waals surface area contributed by atoms with Gasteiger partial charge in [-0.15, -0.1) is 11.8 Å². The average Bonchev–Trinajstić information content (AvgIpc) is 2.48. The van der Waals surface area contributed by atoms with E-state index in [-0.39, 0.29) is 11.7 Å². The molecule has 0 aromatic heterocycles. The molecule has 1 aliphatic rings. The van der Waals surface area contributed by atoms with E-state index >= 15 is 0 Å². The molecule has 3 rings (SSSR count). The lowest BCUT2D eigenvalue weighted by molar-refractivity contribution is -0.112. The van der Waals surface area contributed by atoms with Gasteiger partial charge in [0.15, 0.2) is 0 Å². The fourth-order valence-electron chi connectivity index (χ4n) is 2.14. The van der Waals surface area contributed by atoms with Crippen LogP contribution < -0.4 is 5.32 Å². The van der Waals surface area contributed by atoms with E-state index in [4.69, 9.17) is 23.2 Å². The number of anilines is 1. The molecule has 1 aliphatic heterocycles. The maximum Gasteiger partial charge on any atom is 0.256 e. The third kappa shape index (κ3) is 3.09. The second-order valence-corrected chi connectivity index (χ2v) is 6.61. The molecule has 0 saturated carbocycles. The summed E-state index contributed by atoms with van der Waals surface area (Å²) in [6, 6.07) is 12.1. The molecule has 0 saturated heterocycles. The van der Waals surface area contributed by atoms with Gasteiger partial charge in [0.2, 0.25) is 0 Å². The van der Waals surface area contributed by atoms with E-state index in [0.29, 0.717) is 32.6 Å². The number of carbonyl (C=O) groups is 1. The van der Waals surface area contributed by atoms with Gasteiger partial charge in [-0.2, -0.15) is 0 Å². The minimum atomic E-state index is -0.349. The lowest BCUT2D eigenvalue weighted by Gasteiger charge is -2.19. The number of rotatable bonds is 2. The lowest BCUT2D eigenvalue weighted by Crippen LogP contribution is -2.19. The largest absolute Gasteiger partial charge is 0.507 e. The number of halogens is 2. The first kappa shape index (κ1) is 15.3. The van der Waals surface area contributed by atoms with Crippen molar-refractivity contribution in [2.45, 2.75) is 4.90 Å². The lowest BCUT2D eigenvalue weighted by atomic mass is 10.1. The summed E-state index contributed by atoms with van der Waals surface area (Å²) in [5, 5.41) is 14.2. The number of thioether (sulfide) groups is 1. The van der Waals surface area contributed by atoms with Crippen LogP contribution in [-0.2, 0) is 4.79 Å². The van der Waals surface area contributed by atoms with E-state index in [0.717, 1.165) is 4.90 Å². The van der Waals surface area contributed by atoms with Crippen molar-refractivity contribution >= 4 is 52.3 Å². The van der Waals surface area contributed by atoms with Gasteiger partial charge in [0, 0.05) is 31.9 Å². The topological polar surface area (TPSA) is 49.3 Å². The van der Waals surface area contributed by atoms with Crippen molar-refractivity contribution < 1.29 is 9.90 Å². The maximum atomic E-state index is 12.4. The first-order chi connectivity index (χ1) is 10.5. The van der Waals surface area contributed by atoms with Crippen molar-refractivity contribution in [2.75, 3.05) is 11.1 Å². The summed E-state index contributed by atoms with van der Waals surface area (Å²) in [5.74, 6) is 0.0148. The Kier molecular flexibility index (Phi) is 4.34. The molecule has 6 heteroatoms. The van der Waals surface area contributed by atoms with Crippen molar-refractivity contribution in [1.29, 1.82) is 0 Å². The smallest absolute Gasteiger partial charge is 0.256 e. The first-order valence-corrected chi connectivity index (χ1v) is 8.20. The molecule has 2 aromatic rings. The van der Waals surface area contributed by atoms with Crippen LogP contribution in [-0.4, -0.2) is 16.8 Å². The Morgan fingerprint density at radius 2 is 1.91 bits per heavy atom. The van der Waals surface area contributed by atoms with Crippen molar-refractivity contribution in [2.24, 2.45) is 0 Å². The quantitative estimate of drug-likeness (QED) is 0.799. The fraction of sp³-hybridized carbons (Fsp3) is 0.0625. The molecule has 0 fully saturated rings. The monoisotopic (exact) mass is 351 g/mol. The van der Waals surface area contributed by atoms with Gasteiger partial charge in [-0.25, -0.2) is 0 Å². The average molecular weight is 352 g/mol. The van der Waals surface area contributed by atoms with E-state index < -0.39 is 0 Å². The van der Waals surface area contributed by atoms with Crippen LogP contribution in [0.15, 0.2) is 52.9 Å². The van der Waals surface area contributed by atoms with Gasteiger partial charge in [-0.3, -0.25) is 4.79 Å². The third-order valence-corrected chi connectivity index (χ3v) is 4.78. The van der Waals surface area contributed by atoms with Gasteiger partial charge in [0.1, 0.15) is 5.76 Å². The molecule has 2 N–H and O–H groups in total. The zero-order valence-corrected chi connectivity index (χ0v) is 13.6. The Morgan fingerprint density at radius 1 is 1.14 bits per heavy atom. The molecule has 112 valence electrons. The summed E-state index contributed by atoms with van der Waals surface area (Å²) >= 11 is 13.3. The molecule has 1 heterocycles. The highest BCUT2D eigenvalue weighted by atomic mass is 35.5. The van der Waals surface area contributed by atoms with Gasteiger partial charge in [0.05, 0.1) is 5.57 Å². The SMILES string of the molecule is O=C(Nc1cccc(Cl)c1)C1=C(O)c2cc(Cl)ccc2SC1. The predicted octanol–water partition coefficient (Wildman–Crippen LogP) is 5.01. The van der Waals surface area contributed by atoms with E-state index in [1.165, 1.54) is 11.8 Å². The highest BCUT2D eigenvalue weighted by Gasteiger charge is 2.24. The molecule has 0 aliphatic carbocycles. The number of aliphatic hydroxyl groups excluding tert-OH is 1. The van der Waals surface area contributed by atoms with E-state index in [1.54, 1.807) is 36.4 Å². The van der Waals surface area contributed by atoms with E-state index in [9.17, 15) is 9.90 Å². The third-order valence-electron chi connectivity index (χ3n) is 3.21. The summed E-state index contributed by atoms with van der Waals surface area (Å²) in [6.45, 7) is 0. The number of hydrogen-bond acceptors (Lipinski definition) is 3. The van der Waals surface area contributed by atoms with Crippen LogP contribution in [0.1, 0.15) is 5.56 Å². The van der Waals surface area contributed by atoms with Gasteiger partial charge in [0.25, 0.3) is 5.91 Å². The highest BCUT2D eigenvalue weighted by Crippen LogP contribution is 2.37. The molecule has 0 spiro atoms. The van der Waals surface area contributed by atoms with Crippen LogP contribution in [0, 0.1) is 0 Å². The van der Waals surface area contributed by atoms with Crippen molar-refractivity contribution in [3.63, 3.8) is 0 Å². The number of nitrogens with one attached hydrogen (secondary N) is 1. The van der Waals surface area contributed by atoms with Gasteiger partial charge in [-0.05, 0) is 36.4 Å². The normalized spacial score (nSPS) is 13.7. The standard InChI is InChI=1S/C16H11Cl2NO2S/c17-9-2-1-3-11(6-9)19-16(21)13-8-22-14-5-4-10(18)7-12(14)15(13)20/h1-7,20H,8H2,(H,19,21). The summed E-state index contributed by atoms with van der Waals surface area (Å²) in [7, 11) is 0. The number of amides is 1. The molecule has 0 bridgehead atoms. The molecule has 2 aromatic carbocycles. The second kappa shape index (κ2) is 6.24. The molecule has 3 nitrogen and oxygen atoms in total. The molecule has 0 atom stereocenters. The van der Waals surface area contributed by atoms with Crippen molar-refractivity contribution in [3.8, 4) is 0 Å². The molecule has 1 amide bonds. The number of aliphatic hydroxyl groups is 1. The van der Waals surface area contributed by atoms with Crippen LogP contribution in [0.2, 0.25) is 10.0 Å². The number of hydrogen-bond donors (Lipinski definition) is 2. The molecular formula is C16H11Cl2NO2S. The van der Waals surface area contributed by atoms with Crippen LogP contribution in [0.4, 0.5) is 5.69 Å². The molecule has 0 unspecified atom stereocenters. The summed E-state index contributed by atoms with van der Waals surface area (Å²) in [4.78, 5) is 13.3. The van der Waals surface area contributed by atoms with Gasteiger partial charge in [-0.1, -0.05) is 29.3 Å². The minimum Gasteiger partial charge on any atom is -0.507 e. The zero-order chi connectivity index (χ0) is 15.7. The van der Waals surface area contributed by atoms with Crippen LogP contribution in [0.5, 0.6) is 0 Å². The summed E-state index contributed by atoms with van der Waals surface area (Å²) in [6.07, 6.45) is 0. The number of benzene rings is 2. The number of fused-ring (bicyclic) bond motifs is 1. The van der Waals surface area contributed by atoms with Gasteiger partial charge < -0.3 is 10.4 Å². The molecular weight excluding hydrogens is 341 g/mol. The van der Waals surface area contributed by atoms with Crippen LogP contribution in [0.25, 0.3) is 5.76 Å². The van der Waals surface area contributed by atoms with Crippen LogP contribution in [0.3, 0.4) is 0 Å². The van der Waals surface area contributed by atoms with E-state index in [2.05, 4.69) is 5.32 Å². The zero-order valence-electron chi connectivity index (χ0n) is 11.3. The van der Waals surface area contributed by atoms with Crippen LogP contribution >= 0.6 is 35.0 Å². The Balaban J connectivity index is 1.91. The van der Waals surface area contributed by atoms with E-state index in [1.807, 2.05) is 6.07 Å². The fourth-order valence-corrected chi connectivity index (χ4v) is 3.55. The van der Waals surface area contributed by atoms with Gasteiger partial charge >= 0.3 is 0 Å². The predicted molar refractivity (Wildman–Crippen MR) is 91.8 cm³/mol. The first-order valence-electron chi connectivity index (χ1n) is 6.46. The number of carbonyl (C=O) groups excluding carboxylic acids is 1. The van der Waals surface area contributed by atoms with Crippen molar-refractivity contribution in [1.82, 2.24) is 0 Å². The Bertz CT molecular complexity index is 789. The maximum absolute atomic E-state index is 12.4. The summed E-state index contributed by atoms with van der Waals surface area (Å²) < 4.78 is 0. The Morgan fingerprint density at radius 3 is 2.68 bits per heavy atom. The highest BCUT2D eigenvalue weighted by molar-refractivity contribution is 7.99. The summed E-state index contributed by atoms with van der Waals surface area (Å²) in [5.41, 5.74) is 1.49. The Hall–Kier alpha value is -1.62. The molecule has 22 heavy (non-hydrogen) atoms. The molecule has 0 radical (unpaired) electrons. The minimum absolute atomic E-state index is 0.0317. The second-order valence-electron chi connectivity index (χ2n) is 4.72. The van der Waals surface area contributed by atoms with Crippen molar-refractivity contribution in [3.05, 3.63) is 63.6 Å².